The second-order valence-corrected chi connectivity index (χ2v) is 5.92. The van der Waals surface area contributed by atoms with Crippen molar-refractivity contribution in [1.29, 1.82) is 0 Å². The van der Waals surface area contributed by atoms with Crippen molar-refractivity contribution in [1.82, 2.24) is 14.5 Å². The summed E-state index contributed by atoms with van der Waals surface area (Å²) >= 11 is 3.47. The highest BCUT2D eigenvalue weighted by Crippen LogP contribution is 2.27. The molecule has 0 saturated carbocycles. The van der Waals surface area contributed by atoms with E-state index in [1.807, 2.05) is 12.3 Å². The van der Waals surface area contributed by atoms with E-state index in [0.29, 0.717) is 6.54 Å². The van der Waals surface area contributed by atoms with Gasteiger partial charge in [-0.05, 0) is 46.1 Å². The number of fused-ring (bicyclic) bond motifs is 1. The zero-order valence-electron chi connectivity index (χ0n) is 11.9. The third-order valence-corrected chi connectivity index (χ3v) is 3.89. The predicted octanol–water partition coefficient (Wildman–Crippen LogP) is 3.73. The van der Waals surface area contributed by atoms with Gasteiger partial charge in [0.1, 0.15) is 5.82 Å². The fourth-order valence-corrected chi connectivity index (χ4v) is 2.87. The molecule has 1 aromatic carbocycles. The van der Waals surface area contributed by atoms with E-state index in [1.54, 1.807) is 6.20 Å². The number of benzene rings is 1. The van der Waals surface area contributed by atoms with E-state index < -0.39 is 0 Å². The highest BCUT2D eigenvalue weighted by atomic mass is 79.9. The minimum Gasteiger partial charge on any atom is -0.326 e. The Morgan fingerprint density at radius 2 is 2.10 bits per heavy atom. The number of pyridine rings is 1. The Morgan fingerprint density at radius 1 is 1.24 bits per heavy atom. The molecule has 0 aliphatic rings. The number of nitrogens with zero attached hydrogens (tertiary/aromatic N) is 3. The van der Waals surface area contributed by atoms with Crippen LogP contribution in [0.25, 0.3) is 22.4 Å². The molecule has 2 N–H and O–H groups in total. The summed E-state index contributed by atoms with van der Waals surface area (Å²) < 4.78 is 3.21. The Hall–Kier alpha value is -1.72. The van der Waals surface area contributed by atoms with Crippen molar-refractivity contribution in [3.63, 3.8) is 0 Å². The Morgan fingerprint density at radius 3 is 2.81 bits per heavy atom. The molecule has 2 heterocycles. The Labute approximate surface area is 132 Å². The number of nitrogens with two attached hydrogens (primary N) is 1. The largest absolute Gasteiger partial charge is 0.326 e. The molecule has 0 aliphatic heterocycles. The van der Waals surface area contributed by atoms with Crippen molar-refractivity contribution in [2.45, 2.75) is 26.4 Å². The lowest BCUT2D eigenvalue weighted by atomic mass is 10.2. The highest BCUT2D eigenvalue weighted by molar-refractivity contribution is 9.10. The SMILES string of the molecule is CCCn1c(-c2cncc(Br)c2)nc2cc(CN)ccc21. The van der Waals surface area contributed by atoms with Crippen molar-refractivity contribution >= 4 is 27.0 Å². The summed E-state index contributed by atoms with van der Waals surface area (Å²) in [6.07, 6.45) is 4.68. The first-order valence-electron chi connectivity index (χ1n) is 7.03. The number of hydrogen-bond donors (Lipinski definition) is 1. The molecule has 0 bridgehead atoms. The Balaban J connectivity index is 2.23. The molecule has 108 valence electrons. The van der Waals surface area contributed by atoms with Crippen LogP contribution in [0.4, 0.5) is 0 Å². The van der Waals surface area contributed by atoms with E-state index in [2.05, 4.69) is 50.6 Å². The maximum Gasteiger partial charge on any atom is 0.142 e. The monoisotopic (exact) mass is 344 g/mol. The Kier molecular flexibility index (Phi) is 4.03. The van der Waals surface area contributed by atoms with Crippen molar-refractivity contribution < 1.29 is 0 Å². The summed E-state index contributed by atoms with van der Waals surface area (Å²) in [5, 5.41) is 0. The van der Waals surface area contributed by atoms with Crippen LogP contribution >= 0.6 is 15.9 Å². The van der Waals surface area contributed by atoms with E-state index in [0.717, 1.165) is 45.4 Å². The lowest BCUT2D eigenvalue weighted by Gasteiger charge is -2.08. The molecule has 0 fully saturated rings. The third kappa shape index (κ3) is 2.71. The number of hydrogen-bond acceptors (Lipinski definition) is 3. The molecule has 0 aliphatic carbocycles. The van der Waals surface area contributed by atoms with Gasteiger partial charge in [0.25, 0.3) is 0 Å². The maximum absolute atomic E-state index is 5.72. The van der Waals surface area contributed by atoms with Crippen LogP contribution in [0.1, 0.15) is 18.9 Å². The summed E-state index contributed by atoms with van der Waals surface area (Å²) in [4.78, 5) is 9.04. The zero-order chi connectivity index (χ0) is 14.8. The smallest absolute Gasteiger partial charge is 0.142 e. The predicted molar refractivity (Wildman–Crippen MR) is 88.8 cm³/mol. The second kappa shape index (κ2) is 5.95. The first kappa shape index (κ1) is 14.2. The first-order valence-corrected chi connectivity index (χ1v) is 7.82. The van der Waals surface area contributed by atoms with E-state index in [9.17, 15) is 0 Å². The van der Waals surface area contributed by atoms with Gasteiger partial charge in [0, 0.05) is 35.5 Å². The topological polar surface area (TPSA) is 56.7 Å². The van der Waals surface area contributed by atoms with E-state index in [-0.39, 0.29) is 0 Å². The molecule has 5 heteroatoms. The summed E-state index contributed by atoms with van der Waals surface area (Å²) in [5.74, 6) is 0.954. The molecule has 0 amide bonds. The average Bonchev–Trinajstić information content (AvgIpc) is 2.85. The molecular weight excluding hydrogens is 328 g/mol. The van der Waals surface area contributed by atoms with Crippen molar-refractivity contribution in [3.05, 3.63) is 46.7 Å². The summed E-state index contributed by atoms with van der Waals surface area (Å²) in [6.45, 7) is 3.63. The number of halogens is 1. The average molecular weight is 345 g/mol. The molecule has 0 unspecified atom stereocenters. The van der Waals surface area contributed by atoms with Gasteiger partial charge in [-0.15, -0.1) is 0 Å². The lowest BCUT2D eigenvalue weighted by Crippen LogP contribution is -2.00. The first-order chi connectivity index (χ1) is 10.2. The quantitative estimate of drug-likeness (QED) is 0.784. The van der Waals surface area contributed by atoms with Crippen LogP contribution in [0.15, 0.2) is 41.1 Å². The lowest BCUT2D eigenvalue weighted by molar-refractivity contribution is 0.704. The molecule has 0 spiro atoms. The van der Waals surface area contributed by atoms with Crippen LogP contribution in [0.3, 0.4) is 0 Å². The van der Waals surface area contributed by atoms with Crippen molar-refractivity contribution in [2.75, 3.05) is 0 Å². The standard InChI is InChI=1S/C16H17BrN4/c1-2-5-21-15-4-3-11(8-18)6-14(15)20-16(21)12-7-13(17)10-19-9-12/h3-4,6-7,9-10H,2,5,8,18H2,1H3. The maximum atomic E-state index is 5.72. The van der Waals surface area contributed by atoms with Gasteiger partial charge in [-0.3, -0.25) is 4.98 Å². The minimum absolute atomic E-state index is 0.532. The fourth-order valence-electron chi connectivity index (χ4n) is 2.51. The molecule has 4 nitrogen and oxygen atoms in total. The van der Waals surface area contributed by atoms with Crippen LogP contribution in [-0.2, 0) is 13.1 Å². The number of aryl methyl sites for hydroxylation is 1. The molecule has 21 heavy (non-hydrogen) atoms. The van der Waals surface area contributed by atoms with E-state index in [4.69, 9.17) is 10.7 Å². The summed E-state index contributed by atoms with van der Waals surface area (Å²) in [6, 6.07) is 8.29. The zero-order valence-corrected chi connectivity index (χ0v) is 13.5. The van der Waals surface area contributed by atoms with Crippen LogP contribution in [0, 0.1) is 0 Å². The molecule has 0 atom stereocenters. The molecule has 0 saturated heterocycles. The van der Waals surface area contributed by atoms with Gasteiger partial charge in [-0.2, -0.15) is 0 Å². The molecule has 3 rings (SSSR count). The van der Waals surface area contributed by atoms with Crippen molar-refractivity contribution in [2.24, 2.45) is 5.73 Å². The van der Waals surface area contributed by atoms with Gasteiger partial charge in [0.15, 0.2) is 0 Å². The summed E-state index contributed by atoms with van der Waals surface area (Å²) in [7, 11) is 0. The fraction of sp³-hybridized carbons (Fsp3) is 0.250. The van der Waals surface area contributed by atoms with Crippen LogP contribution in [-0.4, -0.2) is 14.5 Å². The number of imidazole rings is 1. The van der Waals surface area contributed by atoms with Gasteiger partial charge in [0.2, 0.25) is 0 Å². The van der Waals surface area contributed by atoms with Crippen molar-refractivity contribution in [3.8, 4) is 11.4 Å². The van der Waals surface area contributed by atoms with Crippen LogP contribution in [0.2, 0.25) is 0 Å². The van der Waals surface area contributed by atoms with Gasteiger partial charge >= 0.3 is 0 Å². The molecule has 2 aromatic heterocycles. The summed E-state index contributed by atoms with van der Waals surface area (Å²) in [5.41, 5.74) is 9.97. The molecule has 0 radical (unpaired) electrons. The molecular formula is C16H17BrN4. The Bertz CT molecular complexity index is 779. The molecule has 3 aromatic rings. The number of aromatic nitrogens is 3. The third-order valence-electron chi connectivity index (χ3n) is 3.46. The van der Waals surface area contributed by atoms with Crippen LogP contribution in [0.5, 0.6) is 0 Å². The van der Waals surface area contributed by atoms with Gasteiger partial charge in [-0.1, -0.05) is 13.0 Å². The minimum atomic E-state index is 0.532. The van der Waals surface area contributed by atoms with Gasteiger partial charge in [-0.25, -0.2) is 4.98 Å². The van der Waals surface area contributed by atoms with Gasteiger partial charge < -0.3 is 10.3 Å². The van der Waals surface area contributed by atoms with Crippen LogP contribution < -0.4 is 5.73 Å². The van der Waals surface area contributed by atoms with E-state index in [1.165, 1.54) is 0 Å². The normalized spacial score (nSPS) is 11.2. The second-order valence-electron chi connectivity index (χ2n) is 5.01. The number of rotatable bonds is 4. The van der Waals surface area contributed by atoms with E-state index >= 15 is 0 Å². The highest BCUT2D eigenvalue weighted by Gasteiger charge is 2.13. The van der Waals surface area contributed by atoms with Gasteiger partial charge in [0.05, 0.1) is 11.0 Å².